The minimum absolute atomic E-state index is 0.219. The fourth-order valence-electron chi connectivity index (χ4n) is 3.49. The van der Waals surface area contributed by atoms with Crippen LogP contribution in [-0.4, -0.2) is 46.6 Å². The summed E-state index contributed by atoms with van der Waals surface area (Å²) in [5, 5.41) is 0. The summed E-state index contributed by atoms with van der Waals surface area (Å²) in [6, 6.07) is 0. The topological polar surface area (TPSA) is 55.8 Å². The van der Waals surface area contributed by atoms with Gasteiger partial charge in [-0.1, -0.05) is 0 Å². The number of carbonyl (C=O) groups excluding carboxylic acids is 2. The van der Waals surface area contributed by atoms with Crippen molar-refractivity contribution in [3.63, 3.8) is 0 Å². The summed E-state index contributed by atoms with van der Waals surface area (Å²) in [5.74, 6) is 0.0979. The number of ether oxygens (including phenoxy) is 2. The summed E-state index contributed by atoms with van der Waals surface area (Å²) in [4.78, 5) is 27.0. The first-order chi connectivity index (χ1) is 10.2. The van der Waals surface area contributed by atoms with Gasteiger partial charge in [-0.3, -0.25) is 4.90 Å². The molecule has 2 fully saturated rings. The molecule has 0 aromatic carbocycles. The molecule has 2 rings (SSSR count). The lowest BCUT2D eigenvalue weighted by Crippen LogP contribution is -2.58. The van der Waals surface area contributed by atoms with Crippen LogP contribution in [0.15, 0.2) is 0 Å². The number of hydrogen-bond donors (Lipinski definition) is 0. The van der Waals surface area contributed by atoms with Gasteiger partial charge in [0.1, 0.15) is 11.1 Å². The number of likely N-dealkylation sites (tertiary alicyclic amines) is 1. The van der Waals surface area contributed by atoms with Gasteiger partial charge in [0, 0.05) is 11.4 Å². The Kier molecular flexibility index (Phi) is 4.67. The van der Waals surface area contributed by atoms with E-state index in [2.05, 4.69) is 0 Å². The molecule has 0 bridgehead atoms. The van der Waals surface area contributed by atoms with E-state index in [1.807, 2.05) is 20.8 Å². The molecular formula is C16H26ClNO4. The van der Waals surface area contributed by atoms with Gasteiger partial charge >= 0.3 is 12.1 Å². The Hall–Kier alpha value is -0.970. The van der Waals surface area contributed by atoms with E-state index in [9.17, 15) is 9.59 Å². The molecule has 1 spiro atoms. The van der Waals surface area contributed by atoms with Crippen LogP contribution in [0.25, 0.3) is 0 Å². The molecule has 1 saturated heterocycles. The molecule has 126 valence electrons. The highest BCUT2D eigenvalue weighted by atomic mass is 35.5. The molecule has 0 N–H and O–H groups in total. The fraction of sp³-hybridized carbons (Fsp3) is 0.875. The second-order valence-electron chi connectivity index (χ2n) is 7.36. The summed E-state index contributed by atoms with van der Waals surface area (Å²) in [5.41, 5.74) is -1.74. The average molecular weight is 332 g/mol. The highest BCUT2D eigenvalue weighted by molar-refractivity contribution is 6.17. The van der Waals surface area contributed by atoms with Crippen molar-refractivity contribution in [2.24, 2.45) is 0 Å². The van der Waals surface area contributed by atoms with Crippen molar-refractivity contribution in [1.82, 2.24) is 4.90 Å². The molecule has 0 aromatic heterocycles. The standard InChI is InChI=1S/C16H26ClNO4/c1-14(2,3)22-13(20)18-15(7-8-15)9-10-16(18,6-5-11-17)12(19)21-4/h5-11H2,1-4H3. The Bertz CT molecular complexity index is 456. The molecule has 1 aliphatic carbocycles. The maximum Gasteiger partial charge on any atom is 0.411 e. The number of hydrogen-bond acceptors (Lipinski definition) is 4. The number of halogens is 1. The zero-order valence-corrected chi connectivity index (χ0v) is 14.7. The number of alkyl halides is 1. The predicted molar refractivity (Wildman–Crippen MR) is 84.0 cm³/mol. The van der Waals surface area contributed by atoms with E-state index < -0.39 is 17.2 Å². The Morgan fingerprint density at radius 3 is 2.23 bits per heavy atom. The fourth-order valence-corrected chi connectivity index (χ4v) is 3.63. The van der Waals surface area contributed by atoms with Crippen molar-refractivity contribution in [2.75, 3.05) is 13.0 Å². The average Bonchev–Trinajstić information content (AvgIpc) is 3.10. The Balaban J connectivity index is 2.34. The van der Waals surface area contributed by atoms with Crippen LogP contribution in [0.1, 0.15) is 59.3 Å². The first kappa shape index (κ1) is 17.4. The van der Waals surface area contributed by atoms with Gasteiger partial charge in [-0.15, -0.1) is 11.6 Å². The molecule has 1 saturated carbocycles. The third-order valence-electron chi connectivity index (χ3n) is 4.60. The molecule has 1 atom stereocenters. The highest BCUT2D eigenvalue weighted by Gasteiger charge is 2.66. The zero-order chi connectivity index (χ0) is 16.6. The molecule has 2 aliphatic rings. The van der Waals surface area contributed by atoms with Gasteiger partial charge < -0.3 is 9.47 Å². The van der Waals surface area contributed by atoms with Gasteiger partial charge in [-0.2, -0.15) is 0 Å². The SMILES string of the molecule is COC(=O)C1(CCCCl)CCC2(CC2)N1C(=O)OC(C)(C)C. The number of carbonyl (C=O) groups is 2. The van der Waals surface area contributed by atoms with Crippen molar-refractivity contribution >= 4 is 23.7 Å². The molecule has 1 heterocycles. The predicted octanol–water partition coefficient (Wildman–Crippen LogP) is 3.48. The summed E-state index contributed by atoms with van der Waals surface area (Å²) in [6.45, 7) is 5.50. The van der Waals surface area contributed by atoms with Gasteiger partial charge in [0.15, 0.2) is 0 Å². The summed E-state index contributed by atoms with van der Waals surface area (Å²) in [7, 11) is 1.37. The van der Waals surface area contributed by atoms with Crippen LogP contribution >= 0.6 is 11.6 Å². The molecule has 0 aromatic rings. The second kappa shape index (κ2) is 5.91. The molecule has 1 unspecified atom stereocenters. The highest BCUT2D eigenvalue weighted by Crippen LogP contribution is 2.57. The minimum atomic E-state index is -0.928. The lowest BCUT2D eigenvalue weighted by molar-refractivity contribution is -0.155. The van der Waals surface area contributed by atoms with Crippen molar-refractivity contribution in [3.05, 3.63) is 0 Å². The summed E-state index contributed by atoms with van der Waals surface area (Å²) >= 11 is 5.82. The van der Waals surface area contributed by atoms with Crippen LogP contribution in [-0.2, 0) is 14.3 Å². The van der Waals surface area contributed by atoms with Gasteiger partial charge in [0.05, 0.1) is 7.11 Å². The van der Waals surface area contributed by atoms with Crippen molar-refractivity contribution in [3.8, 4) is 0 Å². The monoisotopic (exact) mass is 331 g/mol. The number of methoxy groups -OCH3 is 1. The molecule has 1 aliphatic heterocycles. The Morgan fingerprint density at radius 2 is 1.77 bits per heavy atom. The first-order valence-electron chi connectivity index (χ1n) is 7.88. The molecular weight excluding hydrogens is 306 g/mol. The van der Waals surface area contributed by atoms with Crippen LogP contribution in [0.3, 0.4) is 0 Å². The van der Waals surface area contributed by atoms with Gasteiger partial charge in [0.25, 0.3) is 0 Å². The second-order valence-corrected chi connectivity index (χ2v) is 7.73. The van der Waals surface area contributed by atoms with E-state index in [-0.39, 0.29) is 11.5 Å². The third kappa shape index (κ3) is 3.05. The molecule has 0 radical (unpaired) electrons. The summed E-state index contributed by atoms with van der Waals surface area (Å²) < 4.78 is 10.6. The van der Waals surface area contributed by atoms with Crippen molar-refractivity contribution in [1.29, 1.82) is 0 Å². The number of esters is 1. The maximum absolute atomic E-state index is 12.8. The van der Waals surface area contributed by atoms with Crippen molar-refractivity contribution < 1.29 is 19.1 Å². The van der Waals surface area contributed by atoms with E-state index in [0.29, 0.717) is 25.1 Å². The van der Waals surface area contributed by atoms with Gasteiger partial charge in [-0.25, -0.2) is 9.59 Å². The smallest absolute Gasteiger partial charge is 0.411 e. The van der Waals surface area contributed by atoms with E-state index in [0.717, 1.165) is 19.3 Å². The quantitative estimate of drug-likeness (QED) is 0.584. The normalized spacial score (nSPS) is 26.1. The van der Waals surface area contributed by atoms with Gasteiger partial charge in [-0.05, 0) is 59.3 Å². The summed E-state index contributed by atoms with van der Waals surface area (Å²) in [6.07, 6.45) is 4.05. The minimum Gasteiger partial charge on any atom is -0.467 e. The van der Waals surface area contributed by atoms with E-state index in [4.69, 9.17) is 21.1 Å². The number of rotatable bonds is 4. The van der Waals surface area contributed by atoms with Crippen LogP contribution in [0.4, 0.5) is 4.79 Å². The molecule has 6 heteroatoms. The number of nitrogens with zero attached hydrogens (tertiary/aromatic N) is 1. The van der Waals surface area contributed by atoms with Crippen LogP contribution in [0.5, 0.6) is 0 Å². The van der Waals surface area contributed by atoms with Crippen molar-refractivity contribution in [2.45, 2.75) is 76.0 Å². The molecule has 1 amide bonds. The Morgan fingerprint density at radius 1 is 1.18 bits per heavy atom. The zero-order valence-electron chi connectivity index (χ0n) is 13.9. The molecule has 5 nitrogen and oxygen atoms in total. The van der Waals surface area contributed by atoms with E-state index >= 15 is 0 Å². The largest absolute Gasteiger partial charge is 0.467 e. The van der Waals surface area contributed by atoms with Gasteiger partial charge in [0.2, 0.25) is 0 Å². The van der Waals surface area contributed by atoms with Crippen LogP contribution in [0, 0.1) is 0 Å². The van der Waals surface area contributed by atoms with E-state index in [1.165, 1.54) is 7.11 Å². The number of amides is 1. The first-order valence-corrected chi connectivity index (χ1v) is 8.42. The maximum atomic E-state index is 12.8. The third-order valence-corrected chi connectivity index (χ3v) is 4.87. The molecule has 22 heavy (non-hydrogen) atoms. The lowest BCUT2D eigenvalue weighted by Gasteiger charge is -2.39. The van der Waals surface area contributed by atoms with Crippen LogP contribution < -0.4 is 0 Å². The Labute approximate surface area is 137 Å². The lowest BCUT2D eigenvalue weighted by atomic mass is 9.91. The van der Waals surface area contributed by atoms with Crippen LogP contribution in [0.2, 0.25) is 0 Å². The van der Waals surface area contributed by atoms with E-state index in [1.54, 1.807) is 4.90 Å².